The SMILES string of the molecule is COC(=O)c1ccccc1Oc1ccc(F)cc1[N+](=O)[O-]. The number of nitro benzene ring substituents is 1. The second-order valence-corrected chi connectivity index (χ2v) is 3.96. The summed E-state index contributed by atoms with van der Waals surface area (Å²) in [5.41, 5.74) is -0.423. The van der Waals surface area contributed by atoms with Crippen molar-refractivity contribution >= 4 is 11.7 Å². The topological polar surface area (TPSA) is 78.7 Å². The van der Waals surface area contributed by atoms with Gasteiger partial charge in [0.1, 0.15) is 17.1 Å². The summed E-state index contributed by atoms with van der Waals surface area (Å²) in [7, 11) is 1.21. The number of nitrogens with zero attached hydrogens (tertiary/aromatic N) is 1. The number of para-hydroxylation sites is 1. The minimum Gasteiger partial charge on any atom is -0.465 e. The monoisotopic (exact) mass is 291 g/mol. The third kappa shape index (κ3) is 3.14. The minimum atomic E-state index is -0.765. The van der Waals surface area contributed by atoms with Gasteiger partial charge in [-0.05, 0) is 24.3 Å². The van der Waals surface area contributed by atoms with E-state index in [1.807, 2.05) is 0 Å². The Labute approximate surface area is 118 Å². The second-order valence-electron chi connectivity index (χ2n) is 3.96. The fraction of sp³-hybridized carbons (Fsp3) is 0.0714. The van der Waals surface area contributed by atoms with Crippen molar-refractivity contribution in [3.8, 4) is 11.5 Å². The van der Waals surface area contributed by atoms with Crippen LogP contribution < -0.4 is 4.74 Å². The van der Waals surface area contributed by atoms with Crippen LogP contribution in [-0.4, -0.2) is 18.0 Å². The normalized spacial score (nSPS) is 10.0. The summed E-state index contributed by atoms with van der Waals surface area (Å²) in [6.07, 6.45) is 0. The Hall–Kier alpha value is -2.96. The zero-order chi connectivity index (χ0) is 15.4. The molecule has 0 atom stereocenters. The second kappa shape index (κ2) is 6.00. The molecule has 0 saturated carbocycles. The number of hydrogen-bond acceptors (Lipinski definition) is 5. The van der Waals surface area contributed by atoms with Crippen molar-refractivity contribution in [2.45, 2.75) is 0 Å². The van der Waals surface area contributed by atoms with Gasteiger partial charge in [0.05, 0.1) is 18.1 Å². The number of benzene rings is 2. The summed E-state index contributed by atoms with van der Waals surface area (Å²) in [4.78, 5) is 21.7. The van der Waals surface area contributed by atoms with Crippen molar-refractivity contribution in [3.63, 3.8) is 0 Å². The average Bonchev–Trinajstić information content (AvgIpc) is 2.48. The van der Waals surface area contributed by atoms with Crippen LogP contribution in [0.4, 0.5) is 10.1 Å². The van der Waals surface area contributed by atoms with E-state index in [0.29, 0.717) is 0 Å². The van der Waals surface area contributed by atoms with Gasteiger partial charge in [0.15, 0.2) is 0 Å². The minimum absolute atomic E-state index is 0.0825. The van der Waals surface area contributed by atoms with Gasteiger partial charge in [-0.25, -0.2) is 9.18 Å². The van der Waals surface area contributed by atoms with Crippen LogP contribution in [-0.2, 0) is 4.74 Å². The Morgan fingerprint density at radius 3 is 2.57 bits per heavy atom. The van der Waals surface area contributed by atoms with Crippen LogP contribution in [0.1, 0.15) is 10.4 Å². The van der Waals surface area contributed by atoms with E-state index in [9.17, 15) is 19.3 Å². The molecule has 0 amide bonds. The fourth-order valence-electron chi connectivity index (χ4n) is 1.67. The highest BCUT2D eigenvalue weighted by Crippen LogP contribution is 2.33. The quantitative estimate of drug-likeness (QED) is 0.490. The van der Waals surface area contributed by atoms with Gasteiger partial charge in [-0.15, -0.1) is 0 Å². The predicted molar refractivity (Wildman–Crippen MR) is 70.9 cm³/mol. The van der Waals surface area contributed by atoms with Crippen LogP contribution in [0.3, 0.4) is 0 Å². The molecule has 2 rings (SSSR count). The van der Waals surface area contributed by atoms with Crippen LogP contribution in [0.2, 0.25) is 0 Å². The lowest BCUT2D eigenvalue weighted by Gasteiger charge is -2.09. The maximum atomic E-state index is 13.1. The molecule has 2 aromatic carbocycles. The van der Waals surface area contributed by atoms with Crippen molar-refractivity contribution in [2.75, 3.05) is 7.11 Å². The largest absolute Gasteiger partial charge is 0.465 e. The van der Waals surface area contributed by atoms with E-state index in [4.69, 9.17) is 4.74 Å². The van der Waals surface area contributed by atoms with Gasteiger partial charge in [0, 0.05) is 0 Å². The number of halogens is 1. The van der Waals surface area contributed by atoms with Gasteiger partial charge in [-0.3, -0.25) is 10.1 Å². The molecule has 0 aliphatic rings. The molecule has 0 unspecified atom stereocenters. The first-order valence-corrected chi connectivity index (χ1v) is 5.82. The van der Waals surface area contributed by atoms with Crippen LogP contribution in [0.5, 0.6) is 11.5 Å². The molecule has 0 aliphatic carbocycles. The van der Waals surface area contributed by atoms with Gasteiger partial charge < -0.3 is 9.47 Å². The molecular weight excluding hydrogens is 281 g/mol. The first-order chi connectivity index (χ1) is 10.0. The van der Waals surface area contributed by atoms with Gasteiger partial charge in [-0.2, -0.15) is 0 Å². The molecule has 0 fully saturated rings. The lowest BCUT2D eigenvalue weighted by molar-refractivity contribution is -0.385. The lowest BCUT2D eigenvalue weighted by atomic mass is 10.2. The smallest absolute Gasteiger partial charge is 0.341 e. The van der Waals surface area contributed by atoms with Crippen molar-refractivity contribution in [1.29, 1.82) is 0 Å². The summed E-state index contributed by atoms with van der Waals surface area (Å²) in [5.74, 6) is -1.48. The highest BCUT2D eigenvalue weighted by molar-refractivity contribution is 5.92. The van der Waals surface area contributed by atoms with Gasteiger partial charge >= 0.3 is 11.7 Å². The molecular formula is C14H10FNO5. The molecule has 108 valence electrons. The lowest BCUT2D eigenvalue weighted by Crippen LogP contribution is -2.04. The highest BCUT2D eigenvalue weighted by Gasteiger charge is 2.20. The van der Waals surface area contributed by atoms with Crippen LogP contribution in [0.25, 0.3) is 0 Å². The maximum Gasteiger partial charge on any atom is 0.341 e. The van der Waals surface area contributed by atoms with Crippen molar-refractivity contribution in [3.05, 3.63) is 64.0 Å². The molecule has 0 heterocycles. The van der Waals surface area contributed by atoms with E-state index in [1.165, 1.54) is 19.2 Å². The van der Waals surface area contributed by atoms with Crippen LogP contribution in [0, 0.1) is 15.9 Å². The summed E-state index contributed by atoms with van der Waals surface area (Å²) in [5, 5.41) is 10.9. The zero-order valence-corrected chi connectivity index (χ0v) is 10.9. The molecule has 0 aliphatic heterocycles. The average molecular weight is 291 g/mol. The maximum absolute atomic E-state index is 13.1. The molecule has 0 saturated heterocycles. The molecule has 7 heteroatoms. The van der Waals surface area contributed by atoms with Crippen molar-refractivity contribution < 1.29 is 23.6 Å². The summed E-state index contributed by atoms with van der Waals surface area (Å²) >= 11 is 0. The molecule has 0 radical (unpaired) electrons. The molecule has 0 N–H and O–H groups in total. The fourth-order valence-corrected chi connectivity index (χ4v) is 1.67. The standard InChI is InChI=1S/C14H10FNO5/c1-20-14(17)10-4-2-3-5-12(10)21-13-7-6-9(15)8-11(13)16(18)19/h2-8H,1H3. The summed E-state index contributed by atoms with van der Waals surface area (Å²) in [6, 6.07) is 9.01. The number of hydrogen-bond donors (Lipinski definition) is 0. The Balaban J connectivity index is 2.44. The third-order valence-corrected chi connectivity index (χ3v) is 2.63. The van der Waals surface area contributed by atoms with E-state index in [0.717, 1.165) is 18.2 Å². The van der Waals surface area contributed by atoms with E-state index >= 15 is 0 Å². The number of carbonyl (C=O) groups excluding carboxylic acids is 1. The molecule has 0 bridgehead atoms. The Morgan fingerprint density at radius 1 is 1.19 bits per heavy atom. The van der Waals surface area contributed by atoms with Gasteiger partial charge in [0.25, 0.3) is 0 Å². The summed E-state index contributed by atoms with van der Waals surface area (Å²) < 4.78 is 23.0. The Kier molecular flexibility index (Phi) is 4.13. The molecule has 21 heavy (non-hydrogen) atoms. The summed E-state index contributed by atoms with van der Waals surface area (Å²) in [6.45, 7) is 0. The Bertz CT molecular complexity index is 702. The predicted octanol–water partition coefficient (Wildman–Crippen LogP) is 3.31. The van der Waals surface area contributed by atoms with Crippen molar-refractivity contribution in [1.82, 2.24) is 0 Å². The number of esters is 1. The van der Waals surface area contributed by atoms with E-state index in [-0.39, 0.29) is 17.1 Å². The number of rotatable bonds is 4. The van der Waals surface area contributed by atoms with Crippen LogP contribution in [0.15, 0.2) is 42.5 Å². The zero-order valence-electron chi connectivity index (χ0n) is 10.9. The molecule has 0 aromatic heterocycles. The number of methoxy groups -OCH3 is 1. The molecule has 0 spiro atoms. The highest BCUT2D eigenvalue weighted by atomic mass is 19.1. The number of ether oxygens (including phenoxy) is 2. The van der Waals surface area contributed by atoms with Crippen molar-refractivity contribution in [2.24, 2.45) is 0 Å². The van der Waals surface area contributed by atoms with E-state index in [1.54, 1.807) is 12.1 Å². The molecule has 6 nitrogen and oxygen atoms in total. The van der Waals surface area contributed by atoms with E-state index < -0.39 is 22.4 Å². The molecule has 2 aromatic rings. The van der Waals surface area contributed by atoms with Gasteiger partial charge in [-0.1, -0.05) is 12.1 Å². The number of nitro groups is 1. The van der Waals surface area contributed by atoms with Gasteiger partial charge in [0.2, 0.25) is 5.75 Å². The number of carbonyl (C=O) groups is 1. The van der Waals surface area contributed by atoms with E-state index in [2.05, 4.69) is 4.74 Å². The first kappa shape index (κ1) is 14.4. The van der Waals surface area contributed by atoms with Crippen LogP contribution >= 0.6 is 0 Å². The Morgan fingerprint density at radius 2 is 1.90 bits per heavy atom. The first-order valence-electron chi connectivity index (χ1n) is 5.82. The third-order valence-electron chi connectivity index (χ3n) is 2.63.